The van der Waals surface area contributed by atoms with Crippen LogP contribution in [0.2, 0.25) is 0 Å². The quantitative estimate of drug-likeness (QED) is 0.542. The molecular weight excluding hydrogens is 164 g/mol. The number of nitrogens with zero attached hydrogens (tertiary/aromatic N) is 3. The molecule has 1 aromatic carbocycles. The van der Waals surface area contributed by atoms with Crippen LogP contribution in [-0.4, -0.2) is 7.05 Å². The number of hydrogen-bond acceptors (Lipinski definition) is 4. The minimum Gasteiger partial charge on any atom is -0.386 e. The van der Waals surface area contributed by atoms with Crippen molar-refractivity contribution in [1.82, 2.24) is 0 Å². The highest BCUT2D eigenvalue weighted by molar-refractivity contribution is 5.73. The Morgan fingerprint density at radius 2 is 1.85 bits per heavy atom. The maximum atomic E-state index is 8.63. The average Bonchev–Trinajstić information content (AvgIpc) is 2.20. The summed E-state index contributed by atoms with van der Waals surface area (Å²) in [5.74, 6) is 0. The lowest BCUT2D eigenvalue weighted by molar-refractivity contribution is 1.26. The number of anilines is 2. The van der Waals surface area contributed by atoms with Gasteiger partial charge in [0.15, 0.2) is 12.4 Å². The molecule has 0 aliphatic heterocycles. The third-order valence-electron chi connectivity index (χ3n) is 1.61. The predicted octanol–water partition coefficient (Wildman–Crippen LogP) is 1.50. The first kappa shape index (κ1) is 8.89. The van der Waals surface area contributed by atoms with Crippen LogP contribution < -0.4 is 10.2 Å². The SMILES string of the molecule is CNc1ccccc1N(C#N)C#N. The van der Waals surface area contributed by atoms with Gasteiger partial charge in [0.25, 0.3) is 0 Å². The lowest BCUT2D eigenvalue weighted by atomic mass is 10.2. The van der Waals surface area contributed by atoms with Gasteiger partial charge in [-0.1, -0.05) is 12.1 Å². The van der Waals surface area contributed by atoms with Crippen molar-refractivity contribution in [3.63, 3.8) is 0 Å². The van der Waals surface area contributed by atoms with Crippen LogP contribution >= 0.6 is 0 Å². The maximum absolute atomic E-state index is 8.63. The molecule has 0 saturated heterocycles. The van der Waals surface area contributed by atoms with Crippen molar-refractivity contribution < 1.29 is 0 Å². The number of nitrogens with one attached hydrogen (secondary N) is 1. The molecule has 0 fully saturated rings. The van der Waals surface area contributed by atoms with E-state index in [2.05, 4.69) is 5.32 Å². The topological polar surface area (TPSA) is 62.9 Å². The molecule has 0 aromatic heterocycles. The number of benzene rings is 1. The summed E-state index contributed by atoms with van der Waals surface area (Å²) in [5.41, 5.74) is 1.32. The second kappa shape index (κ2) is 3.99. The molecule has 0 radical (unpaired) electrons. The molecule has 0 spiro atoms. The molecular formula is C9H8N4. The van der Waals surface area contributed by atoms with E-state index in [1.807, 2.05) is 6.07 Å². The van der Waals surface area contributed by atoms with Gasteiger partial charge < -0.3 is 5.32 Å². The fourth-order valence-electron chi connectivity index (χ4n) is 1.01. The molecule has 0 atom stereocenters. The Hall–Kier alpha value is -2.20. The number of nitriles is 2. The Morgan fingerprint density at radius 3 is 2.38 bits per heavy atom. The van der Waals surface area contributed by atoms with Crippen LogP contribution in [0.1, 0.15) is 0 Å². The summed E-state index contributed by atoms with van der Waals surface area (Å²) in [4.78, 5) is 0.950. The molecule has 1 aromatic rings. The van der Waals surface area contributed by atoms with Gasteiger partial charge in [-0.3, -0.25) is 0 Å². The van der Waals surface area contributed by atoms with E-state index >= 15 is 0 Å². The largest absolute Gasteiger partial charge is 0.386 e. The monoisotopic (exact) mass is 172 g/mol. The van der Waals surface area contributed by atoms with E-state index in [-0.39, 0.29) is 0 Å². The minimum absolute atomic E-state index is 0.565. The standard InChI is InChI=1S/C9H8N4/c1-12-8-4-2-3-5-9(8)13(6-10)7-11/h2-5,12H,1H3. The molecule has 4 nitrogen and oxygen atoms in total. The number of rotatable bonds is 2. The Morgan fingerprint density at radius 1 is 1.23 bits per heavy atom. The maximum Gasteiger partial charge on any atom is 0.198 e. The molecule has 0 saturated carbocycles. The third kappa shape index (κ3) is 1.69. The summed E-state index contributed by atoms with van der Waals surface area (Å²) >= 11 is 0. The van der Waals surface area contributed by atoms with Gasteiger partial charge in [-0.15, -0.1) is 0 Å². The first-order chi connectivity index (χ1) is 6.33. The van der Waals surface area contributed by atoms with Crippen LogP contribution in [-0.2, 0) is 0 Å². The van der Waals surface area contributed by atoms with Gasteiger partial charge in [-0.05, 0) is 12.1 Å². The van der Waals surface area contributed by atoms with E-state index in [4.69, 9.17) is 10.5 Å². The van der Waals surface area contributed by atoms with Crippen molar-refractivity contribution in [3.8, 4) is 12.4 Å². The molecule has 13 heavy (non-hydrogen) atoms. The highest BCUT2D eigenvalue weighted by Gasteiger charge is 2.07. The van der Waals surface area contributed by atoms with Gasteiger partial charge in [-0.25, -0.2) is 0 Å². The normalized spacial score (nSPS) is 8.23. The van der Waals surface area contributed by atoms with Crippen LogP contribution in [0, 0.1) is 22.9 Å². The molecule has 0 aliphatic carbocycles. The number of para-hydroxylation sites is 2. The van der Waals surface area contributed by atoms with Crippen molar-refractivity contribution in [3.05, 3.63) is 24.3 Å². The van der Waals surface area contributed by atoms with Crippen molar-refractivity contribution >= 4 is 11.4 Å². The highest BCUT2D eigenvalue weighted by Crippen LogP contribution is 2.23. The van der Waals surface area contributed by atoms with Crippen LogP contribution in [0.15, 0.2) is 24.3 Å². The molecule has 0 unspecified atom stereocenters. The molecule has 1 N–H and O–H groups in total. The Bertz CT molecular complexity index is 358. The zero-order chi connectivity index (χ0) is 9.68. The first-order valence-corrected chi connectivity index (χ1v) is 3.70. The smallest absolute Gasteiger partial charge is 0.198 e. The van der Waals surface area contributed by atoms with Gasteiger partial charge in [0.1, 0.15) is 0 Å². The molecule has 0 bridgehead atoms. The van der Waals surface area contributed by atoms with Gasteiger partial charge in [0.05, 0.1) is 11.4 Å². The summed E-state index contributed by atoms with van der Waals surface area (Å²) in [6.45, 7) is 0. The Labute approximate surface area is 76.6 Å². The predicted molar refractivity (Wildman–Crippen MR) is 49.7 cm³/mol. The zero-order valence-electron chi connectivity index (χ0n) is 7.15. The van der Waals surface area contributed by atoms with E-state index in [0.717, 1.165) is 10.6 Å². The summed E-state index contributed by atoms with van der Waals surface area (Å²) in [6, 6.07) is 7.12. The van der Waals surface area contributed by atoms with Crippen LogP contribution in [0.25, 0.3) is 0 Å². The average molecular weight is 172 g/mol. The second-order valence-electron chi connectivity index (χ2n) is 2.30. The lowest BCUT2D eigenvalue weighted by Gasteiger charge is -2.10. The van der Waals surface area contributed by atoms with E-state index in [1.54, 1.807) is 37.6 Å². The van der Waals surface area contributed by atoms with Gasteiger partial charge in [0, 0.05) is 7.05 Å². The molecule has 64 valence electrons. The summed E-state index contributed by atoms with van der Waals surface area (Å²) < 4.78 is 0. The molecule has 1 rings (SSSR count). The molecule has 0 aliphatic rings. The van der Waals surface area contributed by atoms with Crippen LogP contribution in [0.3, 0.4) is 0 Å². The van der Waals surface area contributed by atoms with E-state index in [1.165, 1.54) is 0 Å². The second-order valence-corrected chi connectivity index (χ2v) is 2.30. The van der Waals surface area contributed by atoms with Gasteiger partial charge in [-0.2, -0.15) is 15.4 Å². The Balaban J connectivity index is 3.15. The molecule has 0 amide bonds. The van der Waals surface area contributed by atoms with Gasteiger partial charge >= 0.3 is 0 Å². The number of hydrogen-bond donors (Lipinski definition) is 1. The van der Waals surface area contributed by atoms with Crippen LogP contribution in [0.4, 0.5) is 11.4 Å². The zero-order valence-corrected chi connectivity index (χ0v) is 7.15. The molecule has 4 heteroatoms. The first-order valence-electron chi connectivity index (χ1n) is 3.70. The fraction of sp³-hybridized carbons (Fsp3) is 0.111. The third-order valence-corrected chi connectivity index (χ3v) is 1.61. The highest BCUT2D eigenvalue weighted by atomic mass is 15.1. The fourth-order valence-corrected chi connectivity index (χ4v) is 1.01. The van der Waals surface area contributed by atoms with Crippen molar-refractivity contribution in [2.45, 2.75) is 0 Å². The van der Waals surface area contributed by atoms with E-state index < -0.39 is 0 Å². The molecule has 0 heterocycles. The van der Waals surface area contributed by atoms with Crippen LogP contribution in [0.5, 0.6) is 0 Å². The summed E-state index contributed by atoms with van der Waals surface area (Å²) in [7, 11) is 1.74. The van der Waals surface area contributed by atoms with E-state index in [9.17, 15) is 0 Å². The summed E-state index contributed by atoms with van der Waals surface area (Å²) in [6.07, 6.45) is 3.55. The van der Waals surface area contributed by atoms with Crippen molar-refractivity contribution in [2.75, 3.05) is 17.3 Å². The van der Waals surface area contributed by atoms with E-state index in [0.29, 0.717) is 5.69 Å². The van der Waals surface area contributed by atoms with Crippen molar-refractivity contribution in [1.29, 1.82) is 10.5 Å². The van der Waals surface area contributed by atoms with Crippen molar-refractivity contribution in [2.24, 2.45) is 0 Å². The summed E-state index contributed by atoms with van der Waals surface area (Å²) in [5, 5.41) is 20.2. The lowest BCUT2D eigenvalue weighted by Crippen LogP contribution is -2.09. The minimum atomic E-state index is 0.565. The Kier molecular flexibility index (Phi) is 2.73. The van der Waals surface area contributed by atoms with Gasteiger partial charge in [0.2, 0.25) is 0 Å².